The number of ether oxygens (including phenoxy) is 3. The second-order valence-corrected chi connectivity index (χ2v) is 6.66. The molecule has 3 fully saturated rings. The van der Waals surface area contributed by atoms with E-state index < -0.39 is 0 Å². The molecule has 0 radical (unpaired) electrons. The number of nitrogens with zero attached hydrogens (tertiary/aromatic N) is 2. The van der Waals surface area contributed by atoms with Crippen LogP contribution in [-0.2, 0) is 20.8 Å². The highest BCUT2D eigenvalue weighted by Gasteiger charge is 2.46. The Bertz CT molecular complexity index is 478. The smallest absolute Gasteiger partial charge is 0.0772 e. The molecule has 3 saturated heterocycles. The van der Waals surface area contributed by atoms with Crippen molar-refractivity contribution in [2.24, 2.45) is 11.8 Å². The summed E-state index contributed by atoms with van der Waals surface area (Å²) < 4.78 is 17.4. The minimum Gasteiger partial charge on any atom is -0.381 e. The largest absolute Gasteiger partial charge is 0.381 e. The van der Waals surface area contributed by atoms with Crippen LogP contribution in [0.1, 0.15) is 12.0 Å². The van der Waals surface area contributed by atoms with Gasteiger partial charge >= 0.3 is 0 Å². The summed E-state index contributed by atoms with van der Waals surface area (Å²) in [6.45, 7) is 6.31. The van der Waals surface area contributed by atoms with Crippen molar-refractivity contribution in [1.29, 1.82) is 0 Å². The Kier molecular flexibility index (Phi) is 4.39. The zero-order chi connectivity index (χ0) is 14.8. The zero-order valence-electron chi connectivity index (χ0n) is 12.9. The topological polar surface area (TPSA) is 43.8 Å². The predicted molar refractivity (Wildman–Crippen MR) is 81.4 cm³/mol. The molecule has 4 atom stereocenters. The lowest BCUT2D eigenvalue weighted by Gasteiger charge is -2.24. The van der Waals surface area contributed by atoms with Gasteiger partial charge in [-0.3, -0.25) is 9.88 Å². The first-order valence-corrected chi connectivity index (χ1v) is 8.30. The van der Waals surface area contributed by atoms with Gasteiger partial charge in [0.05, 0.1) is 32.5 Å². The molecule has 0 spiro atoms. The van der Waals surface area contributed by atoms with Crippen LogP contribution in [0.3, 0.4) is 0 Å². The molecule has 0 saturated carbocycles. The Morgan fingerprint density at radius 3 is 3.09 bits per heavy atom. The monoisotopic (exact) mass is 304 g/mol. The van der Waals surface area contributed by atoms with E-state index in [1.54, 1.807) is 6.20 Å². The summed E-state index contributed by atoms with van der Waals surface area (Å²) in [6, 6.07) is 4.55. The van der Waals surface area contributed by atoms with Crippen LogP contribution in [0.4, 0.5) is 0 Å². The summed E-state index contributed by atoms with van der Waals surface area (Å²) in [4.78, 5) is 6.73. The van der Waals surface area contributed by atoms with Gasteiger partial charge < -0.3 is 14.2 Å². The van der Waals surface area contributed by atoms with Crippen LogP contribution < -0.4 is 0 Å². The molecule has 5 heteroatoms. The van der Waals surface area contributed by atoms with Crippen LogP contribution in [-0.4, -0.2) is 61.5 Å². The number of fused-ring (bicyclic) bond motifs is 1. The molecule has 0 bridgehead atoms. The van der Waals surface area contributed by atoms with Gasteiger partial charge in [0.2, 0.25) is 0 Å². The number of rotatable bonds is 5. The van der Waals surface area contributed by atoms with Crippen molar-refractivity contribution in [3.8, 4) is 0 Å². The summed E-state index contributed by atoms with van der Waals surface area (Å²) in [5.41, 5.74) is 1.14. The fourth-order valence-corrected chi connectivity index (χ4v) is 3.92. The molecule has 0 aromatic carbocycles. The summed E-state index contributed by atoms with van der Waals surface area (Å²) in [6.07, 6.45) is 5.14. The van der Waals surface area contributed by atoms with Gasteiger partial charge in [-0.25, -0.2) is 0 Å². The summed E-state index contributed by atoms with van der Waals surface area (Å²) in [5, 5.41) is 0. The second kappa shape index (κ2) is 6.62. The maximum atomic E-state index is 6.20. The summed E-state index contributed by atoms with van der Waals surface area (Å²) in [5.74, 6) is 1.19. The Morgan fingerprint density at radius 1 is 1.27 bits per heavy atom. The molecule has 1 aromatic heterocycles. The van der Waals surface area contributed by atoms with Crippen molar-refractivity contribution in [3.63, 3.8) is 0 Å². The van der Waals surface area contributed by atoms with Gasteiger partial charge in [0.25, 0.3) is 0 Å². The molecule has 1 unspecified atom stereocenters. The van der Waals surface area contributed by atoms with Crippen molar-refractivity contribution >= 4 is 0 Å². The second-order valence-electron chi connectivity index (χ2n) is 6.66. The SMILES string of the molecule is c1cncc(CO[C@@H]2CN(CC3CCOC3)[C@H]3COC[C@@H]23)c1. The van der Waals surface area contributed by atoms with E-state index in [0.29, 0.717) is 24.5 Å². The van der Waals surface area contributed by atoms with Crippen LogP contribution >= 0.6 is 0 Å². The highest BCUT2D eigenvalue weighted by molar-refractivity contribution is 5.07. The number of likely N-dealkylation sites (tertiary alicyclic amines) is 1. The zero-order valence-corrected chi connectivity index (χ0v) is 12.9. The third-order valence-corrected chi connectivity index (χ3v) is 5.16. The molecule has 0 aliphatic carbocycles. The van der Waals surface area contributed by atoms with Crippen molar-refractivity contribution in [3.05, 3.63) is 30.1 Å². The van der Waals surface area contributed by atoms with E-state index in [9.17, 15) is 0 Å². The number of pyridine rings is 1. The van der Waals surface area contributed by atoms with Gasteiger partial charge in [-0.15, -0.1) is 0 Å². The van der Waals surface area contributed by atoms with Crippen molar-refractivity contribution < 1.29 is 14.2 Å². The van der Waals surface area contributed by atoms with E-state index in [1.807, 2.05) is 12.3 Å². The van der Waals surface area contributed by atoms with Gasteiger partial charge in [-0.1, -0.05) is 6.07 Å². The fraction of sp³-hybridized carbons (Fsp3) is 0.706. The van der Waals surface area contributed by atoms with Crippen molar-refractivity contribution in [2.75, 3.05) is 39.5 Å². The van der Waals surface area contributed by atoms with Gasteiger partial charge in [-0.05, 0) is 24.0 Å². The van der Waals surface area contributed by atoms with Gasteiger partial charge in [0.1, 0.15) is 0 Å². The molecule has 4 rings (SSSR count). The third-order valence-electron chi connectivity index (χ3n) is 5.16. The van der Waals surface area contributed by atoms with E-state index in [1.165, 1.54) is 6.42 Å². The Balaban J connectivity index is 1.36. The molecule has 4 heterocycles. The average molecular weight is 304 g/mol. The van der Waals surface area contributed by atoms with Crippen molar-refractivity contribution in [1.82, 2.24) is 9.88 Å². The predicted octanol–water partition coefficient (Wildman–Crippen LogP) is 1.33. The van der Waals surface area contributed by atoms with E-state index in [2.05, 4.69) is 16.0 Å². The highest BCUT2D eigenvalue weighted by Crippen LogP contribution is 2.33. The first-order chi connectivity index (χ1) is 10.9. The van der Waals surface area contributed by atoms with Crippen LogP contribution in [0.25, 0.3) is 0 Å². The molecular formula is C17H24N2O3. The van der Waals surface area contributed by atoms with E-state index in [0.717, 1.165) is 45.1 Å². The van der Waals surface area contributed by atoms with Crippen LogP contribution in [0.15, 0.2) is 24.5 Å². The number of hydrogen-bond acceptors (Lipinski definition) is 5. The molecular weight excluding hydrogens is 280 g/mol. The molecule has 22 heavy (non-hydrogen) atoms. The molecule has 1 aromatic rings. The van der Waals surface area contributed by atoms with Gasteiger partial charge in [-0.2, -0.15) is 0 Å². The lowest BCUT2D eigenvalue weighted by molar-refractivity contribution is 0.00819. The molecule has 0 amide bonds. The van der Waals surface area contributed by atoms with Gasteiger partial charge in [0, 0.05) is 44.0 Å². The first-order valence-electron chi connectivity index (χ1n) is 8.30. The average Bonchev–Trinajstić information content (AvgIpc) is 3.26. The van der Waals surface area contributed by atoms with E-state index >= 15 is 0 Å². The van der Waals surface area contributed by atoms with Gasteiger partial charge in [0.15, 0.2) is 0 Å². The molecule has 5 nitrogen and oxygen atoms in total. The van der Waals surface area contributed by atoms with E-state index in [-0.39, 0.29) is 6.10 Å². The molecule has 3 aliphatic heterocycles. The summed E-state index contributed by atoms with van der Waals surface area (Å²) in [7, 11) is 0. The minimum atomic E-state index is 0.273. The lowest BCUT2D eigenvalue weighted by Crippen LogP contribution is -2.36. The molecule has 0 N–H and O–H groups in total. The normalized spacial score (nSPS) is 35.1. The van der Waals surface area contributed by atoms with Crippen LogP contribution in [0.2, 0.25) is 0 Å². The maximum Gasteiger partial charge on any atom is 0.0772 e. The molecule has 120 valence electrons. The first kappa shape index (κ1) is 14.6. The number of aromatic nitrogens is 1. The van der Waals surface area contributed by atoms with Crippen LogP contribution in [0, 0.1) is 11.8 Å². The Labute approximate surface area is 131 Å². The fourth-order valence-electron chi connectivity index (χ4n) is 3.92. The number of hydrogen-bond donors (Lipinski definition) is 0. The highest BCUT2D eigenvalue weighted by atomic mass is 16.5. The standard InChI is InChI=1S/C17H24N2O3/c1-2-13(6-18-4-1)10-22-17-8-19(7-14-3-5-20-9-14)16-12-21-11-15(16)17/h1-2,4,6,14-17H,3,5,7-12H2/t14?,15-,16+,17-/m1/s1. The molecule has 3 aliphatic rings. The third kappa shape index (κ3) is 3.04. The van der Waals surface area contributed by atoms with Crippen molar-refractivity contribution in [2.45, 2.75) is 25.2 Å². The van der Waals surface area contributed by atoms with E-state index in [4.69, 9.17) is 14.2 Å². The lowest BCUT2D eigenvalue weighted by atomic mass is 10.0. The minimum absolute atomic E-state index is 0.273. The summed E-state index contributed by atoms with van der Waals surface area (Å²) >= 11 is 0. The Hall–Kier alpha value is -1.01. The van der Waals surface area contributed by atoms with Crippen LogP contribution in [0.5, 0.6) is 0 Å². The maximum absolute atomic E-state index is 6.20. The quantitative estimate of drug-likeness (QED) is 0.821. The Morgan fingerprint density at radius 2 is 2.27 bits per heavy atom.